The minimum absolute atomic E-state index is 0.129. The number of nitrogens with zero attached hydrogens (tertiary/aromatic N) is 1. The second kappa shape index (κ2) is 8.00. The third-order valence-electron chi connectivity index (χ3n) is 3.27. The molecule has 0 unspecified atom stereocenters. The summed E-state index contributed by atoms with van der Waals surface area (Å²) < 4.78 is 37.6. The molecule has 138 valence electrons. The second-order valence-corrected chi connectivity index (χ2v) is 5.50. The molecule has 3 N–H and O–H groups in total. The zero-order chi connectivity index (χ0) is 19.3. The Labute approximate surface area is 150 Å². The third kappa shape index (κ3) is 5.06. The van der Waals surface area contributed by atoms with Crippen molar-refractivity contribution in [3.05, 3.63) is 62.8 Å². The first-order chi connectivity index (χ1) is 12.2. The highest BCUT2D eigenvalue weighted by Crippen LogP contribution is 2.30. The monoisotopic (exact) mass is 389 g/mol. The van der Waals surface area contributed by atoms with E-state index in [9.17, 15) is 28.1 Å². The molecule has 0 aliphatic rings. The van der Waals surface area contributed by atoms with E-state index in [1.807, 2.05) is 0 Å². The van der Waals surface area contributed by atoms with Gasteiger partial charge in [-0.15, -0.1) is 0 Å². The van der Waals surface area contributed by atoms with Gasteiger partial charge in [0.25, 0.3) is 17.4 Å². The number of benzene rings is 1. The van der Waals surface area contributed by atoms with Gasteiger partial charge in [0.15, 0.2) is 0 Å². The number of H-pyrrole nitrogens is 1. The van der Waals surface area contributed by atoms with Crippen LogP contribution in [0.2, 0.25) is 5.02 Å². The number of pyridine rings is 1. The number of nitro groups is 1. The molecule has 0 bridgehead atoms. The predicted octanol–water partition coefficient (Wildman–Crippen LogP) is 2.92. The number of halogens is 4. The van der Waals surface area contributed by atoms with Gasteiger partial charge in [0.1, 0.15) is 17.8 Å². The maximum absolute atomic E-state index is 12.5. The highest BCUT2D eigenvalue weighted by Gasteiger charge is 2.32. The minimum atomic E-state index is -4.50. The Bertz CT molecular complexity index is 813. The van der Waals surface area contributed by atoms with E-state index in [4.69, 9.17) is 11.6 Å². The molecule has 0 aliphatic carbocycles. The quantitative estimate of drug-likeness (QED) is 0.451. The van der Waals surface area contributed by atoms with E-state index in [1.54, 1.807) is 0 Å². The van der Waals surface area contributed by atoms with Gasteiger partial charge in [0.05, 0.1) is 17.0 Å². The Morgan fingerprint density at radius 2 is 1.88 bits per heavy atom. The van der Waals surface area contributed by atoms with Crippen molar-refractivity contribution >= 4 is 29.0 Å². The first kappa shape index (κ1) is 19.4. The van der Waals surface area contributed by atoms with Crippen LogP contribution >= 0.6 is 11.6 Å². The molecule has 1 aromatic carbocycles. The number of rotatable bonds is 6. The Morgan fingerprint density at radius 3 is 2.42 bits per heavy atom. The number of nitrogens with one attached hydrogen (secondary N) is 3. The lowest BCUT2D eigenvalue weighted by molar-refractivity contribution is -0.384. The summed E-state index contributed by atoms with van der Waals surface area (Å²) in [5.74, 6) is -0.256. The van der Waals surface area contributed by atoms with E-state index >= 15 is 0 Å². The van der Waals surface area contributed by atoms with Crippen LogP contribution in [0, 0.1) is 10.1 Å². The summed E-state index contributed by atoms with van der Waals surface area (Å²) in [6.07, 6.45) is -3.72. The minimum Gasteiger partial charge on any atom is -0.348 e. The number of aromatic nitrogens is 1. The van der Waals surface area contributed by atoms with E-state index in [0.29, 0.717) is 0 Å². The Morgan fingerprint density at radius 1 is 1.23 bits per heavy atom. The molecule has 26 heavy (non-hydrogen) atoms. The van der Waals surface area contributed by atoms with E-state index in [1.165, 1.54) is 24.3 Å². The molecule has 0 radical (unpaired) electrons. The number of aromatic amines is 1. The first-order valence-electron chi connectivity index (χ1n) is 7.23. The number of carbonyl (C=O) groups excluding carboxylic acids is 1. The fourth-order valence-electron chi connectivity index (χ4n) is 1.97. The van der Waals surface area contributed by atoms with Gasteiger partial charge in [-0.1, -0.05) is 11.6 Å². The fraction of sp³-hybridized carbons (Fsp3) is 0.200. The molecule has 2 aromatic rings. The number of hydrogen-bond acceptors (Lipinski definition) is 4. The maximum atomic E-state index is 12.5. The standard InChI is InChI=1S/C15H12ClF3N4O3/c16-12-7-10(15(17,18)19)8-22-13(12)20-5-6-21-14(24)9-1-3-11(4-2-9)23(25)26/h1-4,7-8H,5-6H2,(H,20,22)(H,21,24)/p+1. The zero-order valence-corrected chi connectivity index (χ0v) is 13.8. The molecule has 2 rings (SSSR count). The van der Waals surface area contributed by atoms with Gasteiger partial charge in [-0.3, -0.25) is 20.2 Å². The lowest BCUT2D eigenvalue weighted by Gasteiger charge is -2.07. The maximum Gasteiger partial charge on any atom is 0.419 e. The van der Waals surface area contributed by atoms with E-state index in [0.717, 1.165) is 12.3 Å². The Kier molecular flexibility index (Phi) is 5.98. The molecule has 0 spiro atoms. The van der Waals surface area contributed by atoms with Gasteiger partial charge in [0, 0.05) is 17.7 Å². The number of hydrogen-bond donors (Lipinski definition) is 2. The molecule has 1 heterocycles. The highest BCUT2D eigenvalue weighted by atomic mass is 35.5. The van der Waals surface area contributed by atoms with Gasteiger partial charge < -0.3 is 5.32 Å². The normalized spacial score (nSPS) is 11.1. The smallest absolute Gasteiger partial charge is 0.348 e. The summed E-state index contributed by atoms with van der Waals surface area (Å²) in [5, 5.41) is 15.7. The van der Waals surface area contributed by atoms with E-state index in [2.05, 4.69) is 15.6 Å². The van der Waals surface area contributed by atoms with Crippen LogP contribution in [-0.2, 0) is 6.18 Å². The molecule has 0 fully saturated rings. The van der Waals surface area contributed by atoms with Gasteiger partial charge in [-0.25, -0.2) is 4.98 Å². The summed E-state index contributed by atoms with van der Waals surface area (Å²) in [5.41, 5.74) is -0.787. The van der Waals surface area contributed by atoms with Crippen molar-refractivity contribution in [2.45, 2.75) is 6.18 Å². The van der Waals surface area contributed by atoms with Crippen LogP contribution in [0.5, 0.6) is 0 Å². The van der Waals surface area contributed by atoms with Crippen LogP contribution < -0.4 is 15.6 Å². The van der Waals surface area contributed by atoms with Crippen molar-refractivity contribution in [3.63, 3.8) is 0 Å². The molecule has 11 heteroatoms. The van der Waals surface area contributed by atoms with Gasteiger partial charge in [0.2, 0.25) is 0 Å². The van der Waals surface area contributed by atoms with Crippen LogP contribution in [-0.4, -0.2) is 23.9 Å². The van der Waals surface area contributed by atoms with E-state index < -0.39 is 22.6 Å². The number of non-ortho nitro benzene ring substituents is 1. The average Bonchev–Trinajstić information content (AvgIpc) is 2.58. The molecule has 7 nitrogen and oxygen atoms in total. The molecular weight excluding hydrogens is 377 g/mol. The van der Waals surface area contributed by atoms with Crippen molar-refractivity contribution in [2.75, 3.05) is 18.4 Å². The van der Waals surface area contributed by atoms with E-state index in [-0.39, 0.29) is 35.2 Å². The highest BCUT2D eigenvalue weighted by molar-refractivity contribution is 6.32. The van der Waals surface area contributed by atoms with Crippen LogP contribution in [0.25, 0.3) is 0 Å². The number of amides is 1. The number of anilines is 1. The molecule has 1 aromatic heterocycles. The largest absolute Gasteiger partial charge is 0.419 e. The van der Waals surface area contributed by atoms with Crippen molar-refractivity contribution in [2.24, 2.45) is 0 Å². The van der Waals surface area contributed by atoms with Crippen LogP contribution in [0.1, 0.15) is 15.9 Å². The molecule has 0 aliphatic heterocycles. The summed E-state index contributed by atoms with van der Waals surface area (Å²) in [7, 11) is 0. The number of carbonyl (C=O) groups is 1. The molecular formula is C15H13ClF3N4O3+. The summed E-state index contributed by atoms with van der Waals surface area (Å²) in [6, 6.07) is 5.85. The van der Waals surface area contributed by atoms with Crippen LogP contribution in [0.4, 0.5) is 24.7 Å². The fourth-order valence-corrected chi connectivity index (χ4v) is 2.21. The molecule has 1 amide bonds. The SMILES string of the molecule is O=C(NCCNc1[nH+]cc(C(F)(F)F)cc1Cl)c1ccc([N+](=O)[O-])cc1. The van der Waals surface area contributed by atoms with Crippen molar-refractivity contribution in [1.29, 1.82) is 0 Å². The molecule has 0 saturated carbocycles. The lowest BCUT2D eigenvalue weighted by atomic mass is 10.2. The van der Waals surface area contributed by atoms with Crippen molar-refractivity contribution in [1.82, 2.24) is 5.32 Å². The average molecular weight is 390 g/mol. The van der Waals surface area contributed by atoms with Gasteiger partial charge in [-0.2, -0.15) is 13.2 Å². The first-order valence-corrected chi connectivity index (χ1v) is 7.61. The van der Waals surface area contributed by atoms with Crippen LogP contribution in [0.3, 0.4) is 0 Å². The lowest BCUT2D eigenvalue weighted by Crippen LogP contribution is -2.30. The van der Waals surface area contributed by atoms with Crippen molar-refractivity contribution in [3.8, 4) is 0 Å². The summed E-state index contributed by atoms with van der Waals surface area (Å²) in [6.45, 7) is 0.349. The summed E-state index contributed by atoms with van der Waals surface area (Å²) >= 11 is 5.78. The molecule has 0 saturated heterocycles. The Hall–Kier alpha value is -2.88. The topological polar surface area (TPSA) is 98.4 Å². The zero-order valence-electron chi connectivity index (χ0n) is 13.1. The third-order valence-corrected chi connectivity index (χ3v) is 3.57. The predicted molar refractivity (Wildman–Crippen MR) is 86.9 cm³/mol. The second-order valence-electron chi connectivity index (χ2n) is 5.10. The van der Waals surface area contributed by atoms with Gasteiger partial charge >= 0.3 is 6.18 Å². The van der Waals surface area contributed by atoms with Crippen molar-refractivity contribution < 1.29 is 27.9 Å². The Balaban J connectivity index is 1.85. The van der Waals surface area contributed by atoms with Gasteiger partial charge in [-0.05, 0) is 18.2 Å². The van der Waals surface area contributed by atoms with Crippen LogP contribution in [0.15, 0.2) is 36.5 Å². The number of alkyl halides is 3. The number of nitro benzene ring substituents is 1. The summed E-state index contributed by atoms with van der Waals surface area (Å²) in [4.78, 5) is 24.3. The molecule has 0 atom stereocenters.